The summed E-state index contributed by atoms with van der Waals surface area (Å²) in [6, 6.07) is 0. The van der Waals surface area contributed by atoms with Crippen molar-refractivity contribution in [2.45, 2.75) is 19.8 Å². The predicted molar refractivity (Wildman–Crippen MR) is 70.0 cm³/mol. The van der Waals surface area contributed by atoms with Crippen LogP contribution in [-0.4, -0.2) is 47.4 Å². The summed E-state index contributed by atoms with van der Waals surface area (Å²) in [6.07, 6.45) is 6.57. The third kappa shape index (κ3) is 3.82. The number of nitrogens with one attached hydrogen (secondary N) is 1. The molecule has 0 amide bonds. The number of aryl methyl sites for hydroxylation is 1. The van der Waals surface area contributed by atoms with Crippen LogP contribution in [-0.2, 0) is 13.5 Å². The lowest BCUT2D eigenvalue weighted by Gasteiger charge is -2.15. The van der Waals surface area contributed by atoms with Crippen LogP contribution in [0.3, 0.4) is 0 Å². The average Bonchev–Trinajstić information content (AvgIpc) is 2.93. The van der Waals surface area contributed by atoms with E-state index in [2.05, 4.69) is 28.4 Å². The van der Waals surface area contributed by atoms with Crippen molar-refractivity contribution in [2.75, 3.05) is 32.7 Å². The molecule has 2 rings (SSSR count). The van der Waals surface area contributed by atoms with Crippen molar-refractivity contribution in [3.8, 4) is 0 Å². The SMILES string of the molecule is CCNCC1CCN(CCc2cnn(C)c2)C1. The molecule has 4 nitrogen and oxygen atoms in total. The molecule has 1 fully saturated rings. The summed E-state index contributed by atoms with van der Waals surface area (Å²) in [4.78, 5) is 2.58. The largest absolute Gasteiger partial charge is 0.317 e. The standard InChI is InChI=1S/C13H24N4/c1-3-14-8-12-4-6-17(11-12)7-5-13-9-15-16(2)10-13/h9-10,12,14H,3-8,11H2,1-2H3. The molecular weight excluding hydrogens is 212 g/mol. The number of hydrogen-bond acceptors (Lipinski definition) is 3. The van der Waals surface area contributed by atoms with E-state index in [0.717, 1.165) is 18.9 Å². The number of rotatable bonds is 6. The Labute approximate surface area is 104 Å². The summed E-state index contributed by atoms with van der Waals surface area (Å²) in [5.41, 5.74) is 1.35. The second-order valence-electron chi connectivity index (χ2n) is 5.04. The summed E-state index contributed by atoms with van der Waals surface area (Å²) in [5.74, 6) is 0.851. The Hall–Kier alpha value is -0.870. The summed E-state index contributed by atoms with van der Waals surface area (Å²) in [6.45, 7) is 8.14. The molecule has 1 aliphatic heterocycles. The summed E-state index contributed by atoms with van der Waals surface area (Å²) in [7, 11) is 1.98. The van der Waals surface area contributed by atoms with Gasteiger partial charge in [0.15, 0.2) is 0 Å². The number of aromatic nitrogens is 2. The van der Waals surface area contributed by atoms with Gasteiger partial charge >= 0.3 is 0 Å². The zero-order valence-electron chi connectivity index (χ0n) is 11.0. The predicted octanol–water partition coefficient (Wildman–Crippen LogP) is 0.894. The topological polar surface area (TPSA) is 33.1 Å². The normalized spacial score (nSPS) is 21.2. The van der Waals surface area contributed by atoms with Crippen LogP contribution in [0.4, 0.5) is 0 Å². The smallest absolute Gasteiger partial charge is 0.0522 e. The van der Waals surface area contributed by atoms with Gasteiger partial charge in [-0.05, 0) is 44.0 Å². The van der Waals surface area contributed by atoms with E-state index in [-0.39, 0.29) is 0 Å². The molecule has 0 spiro atoms. The van der Waals surface area contributed by atoms with E-state index in [9.17, 15) is 0 Å². The van der Waals surface area contributed by atoms with Crippen molar-refractivity contribution in [1.82, 2.24) is 20.0 Å². The Kier molecular flexibility index (Phi) is 4.57. The molecule has 0 saturated carbocycles. The van der Waals surface area contributed by atoms with E-state index in [4.69, 9.17) is 0 Å². The molecule has 1 N–H and O–H groups in total. The molecule has 1 unspecified atom stereocenters. The zero-order chi connectivity index (χ0) is 12.1. The molecule has 1 aromatic rings. The highest BCUT2D eigenvalue weighted by Crippen LogP contribution is 2.15. The van der Waals surface area contributed by atoms with Gasteiger partial charge in [0.05, 0.1) is 6.20 Å². The third-order valence-electron chi connectivity index (χ3n) is 3.53. The summed E-state index contributed by atoms with van der Waals surface area (Å²) >= 11 is 0. The Morgan fingerprint density at radius 3 is 3.12 bits per heavy atom. The lowest BCUT2D eigenvalue weighted by molar-refractivity contribution is 0.326. The monoisotopic (exact) mass is 236 g/mol. The van der Waals surface area contributed by atoms with E-state index >= 15 is 0 Å². The van der Waals surface area contributed by atoms with Crippen molar-refractivity contribution < 1.29 is 0 Å². The van der Waals surface area contributed by atoms with Gasteiger partial charge in [-0.15, -0.1) is 0 Å². The molecule has 1 aromatic heterocycles. The fraction of sp³-hybridized carbons (Fsp3) is 0.769. The molecule has 0 radical (unpaired) electrons. The lowest BCUT2D eigenvalue weighted by Crippen LogP contribution is -2.27. The molecule has 1 saturated heterocycles. The first kappa shape index (κ1) is 12.6. The minimum atomic E-state index is 0.851. The summed E-state index contributed by atoms with van der Waals surface area (Å²) in [5, 5.41) is 7.65. The first-order valence-electron chi connectivity index (χ1n) is 6.68. The van der Waals surface area contributed by atoms with Crippen LogP contribution >= 0.6 is 0 Å². The molecule has 1 aliphatic rings. The molecule has 4 heteroatoms. The van der Waals surface area contributed by atoms with E-state index in [1.165, 1.54) is 38.2 Å². The maximum absolute atomic E-state index is 4.21. The zero-order valence-corrected chi connectivity index (χ0v) is 11.0. The first-order chi connectivity index (χ1) is 8.28. The van der Waals surface area contributed by atoms with Gasteiger partial charge in [-0.25, -0.2) is 0 Å². The Morgan fingerprint density at radius 1 is 1.53 bits per heavy atom. The number of hydrogen-bond donors (Lipinski definition) is 1. The fourth-order valence-corrected chi connectivity index (χ4v) is 2.52. The van der Waals surface area contributed by atoms with Crippen molar-refractivity contribution in [2.24, 2.45) is 13.0 Å². The van der Waals surface area contributed by atoms with Crippen molar-refractivity contribution >= 4 is 0 Å². The van der Waals surface area contributed by atoms with Crippen molar-refractivity contribution in [3.63, 3.8) is 0 Å². The molecule has 96 valence electrons. The maximum Gasteiger partial charge on any atom is 0.0522 e. The molecule has 0 aliphatic carbocycles. The van der Waals surface area contributed by atoms with Crippen LogP contribution in [0, 0.1) is 5.92 Å². The first-order valence-corrected chi connectivity index (χ1v) is 6.68. The van der Waals surface area contributed by atoms with Gasteiger partial charge in [-0.1, -0.05) is 6.92 Å². The van der Waals surface area contributed by atoms with Crippen LogP contribution < -0.4 is 5.32 Å². The fourth-order valence-electron chi connectivity index (χ4n) is 2.52. The molecule has 1 atom stereocenters. The van der Waals surface area contributed by atoms with Gasteiger partial charge in [0.1, 0.15) is 0 Å². The minimum absolute atomic E-state index is 0.851. The number of nitrogens with zero attached hydrogens (tertiary/aromatic N) is 3. The average molecular weight is 236 g/mol. The van der Waals surface area contributed by atoms with Crippen LogP contribution in [0.15, 0.2) is 12.4 Å². The maximum atomic E-state index is 4.21. The molecule has 0 aromatic carbocycles. The van der Waals surface area contributed by atoms with Gasteiger partial charge < -0.3 is 10.2 Å². The van der Waals surface area contributed by atoms with E-state index in [1.54, 1.807) is 0 Å². The Morgan fingerprint density at radius 2 is 2.41 bits per heavy atom. The Bertz CT molecular complexity index is 334. The van der Waals surface area contributed by atoms with Gasteiger partial charge in [0, 0.05) is 26.3 Å². The van der Waals surface area contributed by atoms with Crippen LogP contribution in [0.25, 0.3) is 0 Å². The molecule has 2 heterocycles. The Balaban J connectivity index is 1.67. The van der Waals surface area contributed by atoms with Crippen LogP contribution in [0.5, 0.6) is 0 Å². The van der Waals surface area contributed by atoms with E-state index in [0.29, 0.717) is 0 Å². The van der Waals surface area contributed by atoms with E-state index < -0.39 is 0 Å². The van der Waals surface area contributed by atoms with E-state index in [1.807, 2.05) is 17.9 Å². The third-order valence-corrected chi connectivity index (χ3v) is 3.53. The summed E-state index contributed by atoms with van der Waals surface area (Å²) < 4.78 is 1.88. The second-order valence-corrected chi connectivity index (χ2v) is 5.04. The van der Waals surface area contributed by atoms with Gasteiger partial charge in [0.25, 0.3) is 0 Å². The van der Waals surface area contributed by atoms with Crippen molar-refractivity contribution in [3.05, 3.63) is 18.0 Å². The van der Waals surface area contributed by atoms with Crippen molar-refractivity contribution in [1.29, 1.82) is 0 Å². The molecule has 17 heavy (non-hydrogen) atoms. The molecular formula is C13H24N4. The highest BCUT2D eigenvalue weighted by Gasteiger charge is 2.21. The van der Waals surface area contributed by atoms with Gasteiger partial charge in [-0.3, -0.25) is 4.68 Å². The van der Waals surface area contributed by atoms with Gasteiger partial charge in [-0.2, -0.15) is 5.10 Å². The highest BCUT2D eigenvalue weighted by molar-refractivity contribution is 5.04. The van der Waals surface area contributed by atoms with Gasteiger partial charge in [0.2, 0.25) is 0 Å². The number of likely N-dealkylation sites (tertiary alicyclic amines) is 1. The quantitative estimate of drug-likeness (QED) is 0.796. The lowest BCUT2D eigenvalue weighted by atomic mass is 10.1. The second kappa shape index (κ2) is 6.17. The molecule has 0 bridgehead atoms. The minimum Gasteiger partial charge on any atom is -0.317 e. The van der Waals surface area contributed by atoms with Crippen LogP contribution in [0.1, 0.15) is 18.9 Å². The van der Waals surface area contributed by atoms with Crippen LogP contribution in [0.2, 0.25) is 0 Å². The highest BCUT2D eigenvalue weighted by atomic mass is 15.2.